The van der Waals surface area contributed by atoms with Gasteiger partial charge in [0.25, 0.3) is 10.0 Å². The molecule has 0 unspecified atom stereocenters. The van der Waals surface area contributed by atoms with E-state index in [2.05, 4.69) is 19.8 Å². The highest BCUT2D eigenvalue weighted by Crippen LogP contribution is 2.32. The van der Waals surface area contributed by atoms with E-state index in [1.807, 2.05) is 0 Å². The molecule has 3 aromatic rings. The molecule has 0 saturated carbocycles. The molecule has 0 aliphatic heterocycles. The normalized spacial score (nSPS) is 11.5. The first-order valence-electron chi connectivity index (χ1n) is 6.31. The van der Waals surface area contributed by atoms with Gasteiger partial charge < -0.3 is 4.52 Å². The molecule has 0 bridgehead atoms. The second-order valence-corrected chi connectivity index (χ2v) is 7.40. The fourth-order valence-electron chi connectivity index (χ4n) is 1.86. The molecule has 22 heavy (non-hydrogen) atoms. The highest BCUT2D eigenvalue weighted by Gasteiger charge is 2.22. The van der Waals surface area contributed by atoms with Gasteiger partial charge in [0, 0.05) is 18.0 Å². The number of pyridine rings is 1. The molecule has 0 fully saturated rings. The molecule has 3 heterocycles. The maximum absolute atomic E-state index is 12.5. The van der Waals surface area contributed by atoms with Crippen LogP contribution in [0.2, 0.25) is 0 Å². The Labute approximate surface area is 131 Å². The van der Waals surface area contributed by atoms with Crippen LogP contribution in [0.15, 0.2) is 39.9 Å². The zero-order valence-electron chi connectivity index (χ0n) is 11.8. The SMILES string of the molecule is Cc1nc(-c2cc(S(=O)(=O)Nc3ccccn3)c(C)s2)no1. The van der Waals surface area contributed by atoms with Crippen molar-refractivity contribution in [1.29, 1.82) is 0 Å². The first-order valence-corrected chi connectivity index (χ1v) is 8.60. The number of anilines is 1. The number of nitrogens with zero attached hydrogens (tertiary/aromatic N) is 3. The van der Waals surface area contributed by atoms with Crippen LogP contribution >= 0.6 is 11.3 Å². The number of hydrogen-bond acceptors (Lipinski definition) is 7. The number of aryl methyl sites for hydroxylation is 2. The molecule has 3 rings (SSSR count). The molecule has 1 N–H and O–H groups in total. The molecule has 0 aromatic carbocycles. The lowest BCUT2D eigenvalue weighted by Gasteiger charge is -2.05. The van der Waals surface area contributed by atoms with Crippen molar-refractivity contribution in [2.45, 2.75) is 18.7 Å². The zero-order chi connectivity index (χ0) is 15.7. The summed E-state index contributed by atoms with van der Waals surface area (Å²) in [5, 5.41) is 3.80. The third-order valence-electron chi connectivity index (χ3n) is 2.81. The Morgan fingerprint density at radius 2 is 2.09 bits per heavy atom. The second-order valence-electron chi connectivity index (χ2n) is 4.49. The summed E-state index contributed by atoms with van der Waals surface area (Å²) in [4.78, 5) is 9.52. The number of nitrogens with one attached hydrogen (secondary N) is 1. The summed E-state index contributed by atoms with van der Waals surface area (Å²) in [5.41, 5.74) is 0. The van der Waals surface area contributed by atoms with Crippen molar-refractivity contribution in [3.8, 4) is 10.7 Å². The monoisotopic (exact) mass is 336 g/mol. The average molecular weight is 336 g/mol. The van der Waals surface area contributed by atoms with Crippen molar-refractivity contribution in [2.24, 2.45) is 0 Å². The first-order chi connectivity index (χ1) is 10.5. The van der Waals surface area contributed by atoms with Gasteiger partial charge in [0.05, 0.1) is 4.88 Å². The van der Waals surface area contributed by atoms with E-state index >= 15 is 0 Å². The van der Waals surface area contributed by atoms with Crippen molar-refractivity contribution < 1.29 is 12.9 Å². The van der Waals surface area contributed by atoms with Gasteiger partial charge in [-0.05, 0) is 25.1 Å². The van der Waals surface area contributed by atoms with Crippen LogP contribution in [0.5, 0.6) is 0 Å². The Hall–Kier alpha value is -2.26. The van der Waals surface area contributed by atoms with Crippen LogP contribution in [0, 0.1) is 13.8 Å². The molecule has 0 atom stereocenters. The fourth-order valence-corrected chi connectivity index (χ4v) is 4.38. The van der Waals surface area contributed by atoms with E-state index in [0.29, 0.717) is 21.5 Å². The summed E-state index contributed by atoms with van der Waals surface area (Å²) in [6.45, 7) is 3.41. The van der Waals surface area contributed by atoms with Crippen molar-refractivity contribution in [2.75, 3.05) is 4.72 Å². The fraction of sp³-hybridized carbons (Fsp3) is 0.154. The highest BCUT2D eigenvalue weighted by molar-refractivity contribution is 7.93. The van der Waals surface area contributed by atoms with Crippen LogP contribution < -0.4 is 4.72 Å². The van der Waals surface area contributed by atoms with Crippen molar-refractivity contribution in [3.05, 3.63) is 41.2 Å². The standard InChI is InChI=1S/C13H12N4O3S2/c1-8-11(7-10(21-8)13-15-9(2)20-16-13)22(18,19)17-12-5-3-4-6-14-12/h3-7H,1-2H3,(H,14,17). The van der Waals surface area contributed by atoms with Gasteiger partial charge in [0.15, 0.2) is 0 Å². The van der Waals surface area contributed by atoms with Crippen LogP contribution in [-0.2, 0) is 10.0 Å². The van der Waals surface area contributed by atoms with Gasteiger partial charge in [-0.3, -0.25) is 4.72 Å². The largest absolute Gasteiger partial charge is 0.339 e. The minimum atomic E-state index is -3.71. The topological polar surface area (TPSA) is 98.0 Å². The van der Waals surface area contributed by atoms with Gasteiger partial charge in [0.1, 0.15) is 10.7 Å². The molecule has 9 heteroatoms. The van der Waals surface area contributed by atoms with Crippen LogP contribution in [0.1, 0.15) is 10.8 Å². The Kier molecular flexibility index (Phi) is 3.67. The molecular formula is C13H12N4O3S2. The predicted molar refractivity (Wildman–Crippen MR) is 82.1 cm³/mol. The lowest BCUT2D eigenvalue weighted by atomic mass is 10.4. The quantitative estimate of drug-likeness (QED) is 0.786. The number of thiophene rings is 1. The van der Waals surface area contributed by atoms with Crippen molar-refractivity contribution >= 4 is 27.2 Å². The third-order valence-corrected chi connectivity index (χ3v) is 5.47. The Bertz CT molecular complexity index is 901. The Morgan fingerprint density at radius 3 is 2.73 bits per heavy atom. The summed E-state index contributed by atoms with van der Waals surface area (Å²) in [7, 11) is -3.71. The van der Waals surface area contributed by atoms with Gasteiger partial charge in [-0.2, -0.15) is 4.98 Å². The van der Waals surface area contributed by atoms with E-state index in [0.717, 1.165) is 0 Å². The van der Waals surface area contributed by atoms with Gasteiger partial charge in [0.2, 0.25) is 11.7 Å². The summed E-state index contributed by atoms with van der Waals surface area (Å²) < 4.78 is 32.3. The van der Waals surface area contributed by atoms with E-state index in [9.17, 15) is 8.42 Å². The maximum atomic E-state index is 12.5. The second kappa shape index (κ2) is 5.50. The number of sulfonamides is 1. The first kappa shape index (κ1) is 14.7. The molecule has 0 aliphatic rings. The summed E-state index contributed by atoms with van der Waals surface area (Å²) in [5.74, 6) is 1.08. The molecule has 7 nitrogen and oxygen atoms in total. The number of aromatic nitrogens is 3. The minimum absolute atomic E-state index is 0.181. The average Bonchev–Trinajstić information content (AvgIpc) is 3.06. The summed E-state index contributed by atoms with van der Waals surface area (Å²) >= 11 is 1.29. The van der Waals surface area contributed by atoms with Crippen molar-refractivity contribution in [3.63, 3.8) is 0 Å². The van der Waals surface area contributed by atoms with Gasteiger partial charge >= 0.3 is 0 Å². The highest BCUT2D eigenvalue weighted by atomic mass is 32.2. The molecule has 3 aromatic heterocycles. The molecule has 114 valence electrons. The summed E-state index contributed by atoms with van der Waals surface area (Å²) in [6.07, 6.45) is 1.52. The van der Waals surface area contributed by atoms with E-state index in [-0.39, 0.29) is 10.7 Å². The third kappa shape index (κ3) is 2.85. The van der Waals surface area contributed by atoms with E-state index in [1.165, 1.54) is 23.6 Å². The van der Waals surface area contributed by atoms with Gasteiger partial charge in [-0.1, -0.05) is 11.2 Å². The van der Waals surface area contributed by atoms with Crippen LogP contribution in [0.4, 0.5) is 5.82 Å². The summed E-state index contributed by atoms with van der Waals surface area (Å²) in [6, 6.07) is 6.54. The van der Waals surface area contributed by atoms with Gasteiger partial charge in [-0.15, -0.1) is 11.3 Å². The smallest absolute Gasteiger partial charge is 0.264 e. The van der Waals surface area contributed by atoms with E-state index < -0.39 is 10.0 Å². The lowest BCUT2D eigenvalue weighted by molar-refractivity contribution is 0.394. The van der Waals surface area contributed by atoms with Crippen molar-refractivity contribution in [1.82, 2.24) is 15.1 Å². The molecule has 0 spiro atoms. The van der Waals surface area contributed by atoms with Gasteiger partial charge in [-0.25, -0.2) is 13.4 Å². The zero-order valence-corrected chi connectivity index (χ0v) is 13.4. The Morgan fingerprint density at radius 1 is 1.27 bits per heavy atom. The molecular weight excluding hydrogens is 324 g/mol. The molecule has 0 radical (unpaired) electrons. The van der Waals surface area contributed by atoms with Crippen LogP contribution in [0.25, 0.3) is 10.7 Å². The van der Waals surface area contributed by atoms with Crippen LogP contribution in [0.3, 0.4) is 0 Å². The number of hydrogen-bond donors (Lipinski definition) is 1. The Balaban J connectivity index is 1.96. The molecule has 0 amide bonds. The molecule has 0 saturated heterocycles. The van der Waals surface area contributed by atoms with E-state index in [4.69, 9.17) is 4.52 Å². The predicted octanol–water partition coefficient (Wildman–Crippen LogP) is 2.61. The molecule has 0 aliphatic carbocycles. The lowest BCUT2D eigenvalue weighted by Crippen LogP contribution is -2.13. The minimum Gasteiger partial charge on any atom is -0.339 e. The van der Waals surface area contributed by atoms with E-state index in [1.54, 1.807) is 32.0 Å². The maximum Gasteiger partial charge on any atom is 0.264 e. The van der Waals surface area contributed by atoms with Crippen LogP contribution in [-0.4, -0.2) is 23.5 Å². The number of rotatable bonds is 4.